The van der Waals surface area contributed by atoms with Crippen LogP contribution in [0.1, 0.15) is 36.8 Å². The van der Waals surface area contributed by atoms with Crippen LogP contribution in [-0.4, -0.2) is 9.13 Å². The highest BCUT2D eigenvalue weighted by molar-refractivity contribution is 6.11. The summed E-state index contributed by atoms with van der Waals surface area (Å²) in [5.74, 6) is 0. The monoisotopic (exact) mass is 702 g/mol. The zero-order chi connectivity index (χ0) is 36.1. The number of hydrogen-bond acceptors (Lipinski definition) is 0. The molecular weight excluding hydrogens is 665 g/mol. The fraction of sp³-hybridized carbons (Fsp3) is 0.0943. The van der Waals surface area contributed by atoms with E-state index < -0.39 is 0 Å². The predicted molar refractivity (Wildman–Crippen MR) is 231 cm³/mol. The van der Waals surface area contributed by atoms with Gasteiger partial charge in [0.2, 0.25) is 0 Å². The highest BCUT2D eigenvalue weighted by Gasteiger charge is 2.45. The van der Waals surface area contributed by atoms with Gasteiger partial charge in [0.1, 0.15) is 0 Å². The summed E-state index contributed by atoms with van der Waals surface area (Å²) in [7, 11) is 0. The molecule has 0 unspecified atom stereocenters. The van der Waals surface area contributed by atoms with Crippen LogP contribution in [0, 0.1) is 0 Å². The number of aromatic nitrogens is 2. The fourth-order valence-electron chi connectivity index (χ4n) is 10.4. The minimum atomic E-state index is 0.0531. The van der Waals surface area contributed by atoms with Crippen molar-refractivity contribution in [2.45, 2.75) is 31.1 Å². The maximum absolute atomic E-state index is 2.54. The Balaban J connectivity index is 0.972. The number of rotatable bonds is 4. The second kappa shape index (κ2) is 11.7. The summed E-state index contributed by atoms with van der Waals surface area (Å²) in [6.07, 6.45) is 4.94. The average Bonchev–Trinajstić information content (AvgIpc) is 4.02. The molecule has 2 aliphatic rings. The van der Waals surface area contributed by atoms with E-state index in [9.17, 15) is 0 Å². The van der Waals surface area contributed by atoms with Crippen LogP contribution >= 0.6 is 0 Å². The van der Waals surface area contributed by atoms with Crippen LogP contribution < -0.4 is 0 Å². The molecule has 1 spiro atoms. The molecule has 12 rings (SSSR count). The van der Waals surface area contributed by atoms with Gasteiger partial charge >= 0.3 is 0 Å². The third kappa shape index (κ3) is 4.43. The molecule has 55 heavy (non-hydrogen) atoms. The van der Waals surface area contributed by atoms with E-state index in [1.165, 1.54) is 125 Å². The van der Waals surface area contributed by atoms with E-state index in [0.717, 1.165) is 0 Å². The maximum atomic E-state index is 2.54. The molecule has 2 aromatic heterocycles. The molecule has 2 nitrogen and oxygen atoms in total. The van der Waals surface area contributed by atoms with Crippen molar-refractivity contribution in [2.75, 3.05) is 0 Å². The van der Waals surface area contributed by atoms with Gasteiger partial charge in [0.15, 0.2) is 0 Å². The Morgan fingerprint density at radius 2 is 0.709 bits per heavy atom. The average molecular weight is 703 g/mol. The van der Waals surface area contributed by atoms with Crippen molar-refractivity contribution in [2.24, 2.45) is 0 Å². The molecule has 260 valence electrons. The number of hydrogen-bond donors (Lipinski definition) is 0. The van der Waals surface area contributed by atoms with Crippen LogP contribution in [0.4, 0.5) is 0 Å². The molecular formula is C53H38N2. The second-order valence-electron chi connectivity index (χ2n) is 15.7. The first kappa shape index (κ1) is 30.8. The minimum absolute atomic E-state index is 0.0531. The van der Waals surface area contributed by atoms with Gasteiger partial charge in [-0.1, -0.05) is 122 Å². The molecule has 0 saturated heterocycles. The Labute approximate surface area is 320 Å². The molecule has 2 heterocycles. The van der Waals surface area contributed by atoms with Crippen LogP contribution in [0.15, 0.2) is 182 Å². The Kier molecular flexibility index (Phi) is 6.54. The van der Waals surface area contributed by atoms with Crippen molar-refractivity contribution in [1.82, 2.24) is 9.13 Å². The fourth-order valence-corrected chi connectivity index (χ4v) is 10.4. The van der Waals surface area contributed by atoms with E-state index in [4.69, 9.17) is 0 Å². The number of nitrogens with zero attached hydrogens (tertiary/aromatic N) is 2. The van der Waals surface area contributed by atoms with Crippen LogP contribution in [-0.2, 0) is 5.41 Å². The van der Waals surface area contributed by atoms with Gasteiger partial charge in [0.05, 0.1) is 22.1 Å². The highest BCUT2D eigenvalue weighted by atomic mass is 15.0. The zero-order valence-electron chi connectivity index (χ0n) is 30.5. The lowest BCUT2D eigenvalue weighted by atomic mass is 9.75. The Morgan fingerprint density at radius 3 is 1.18 bits per heavy atom. The normalized spacial score (nSPS) is 14.4. The molecule has 0 N–H and O–H groups in total. The van der Waals surface area contributed by atoms with Crippen molar-refractivity contribution in [3.05, 3.63) is 193 Å². The van der Waals surface area contributed by atoms with Gasteiger partial charge in [-0.25, -0.2) is 0 Å². The Bertz CT molecular complexity index is 2930. The first-order valence-electron chi connectivity index (χ1n) is 19.7. The molecule has 0 atom stereocenters. The molecule has 8 aromatic carbocycles. The molecule has 10 aromatic rings. The standard InChI is InChI=1S/C53H38N2/c1-3-13-39(14-4-1)54-49-19-9-7-17-43(49)45-31-35(23-27-51(45)54)37-21-25-41-42-26-22-38(34-48(42)53(47(41)33-37)29-11-12-30-53)36-24-28-52-46(32-36)44-18-8-10-20-50(44)55(52)40-15-5-2-6-16-40/h1-10,13-28,31-34H,11-12,29-30H2. The predicted octanol–water partition coefficient (Wildman–Crippen LogP) is 14.1. The van der Waals surface area contributed by atoms with E-state index in [1.807, 2.05) is 0 Å². The summed E-state index contributed by atoms with van der Waals surface area (Å²) in [4.78, 5) is 0. The van der Waals surface area contributed by atoms with Crippen molar-refractivity contribution in [3.8, 4) is 44.8 Å². The van der Waals surface area contributed by atoms with Crippen LogP contribution in [0.2, 0.25) is 0 Å². The molecule has 1 fully saturated rings. The third-order valence-corrected chi connectivity index (χ3v) is 12.9. The molecule has 1 saturated carbocycles. The smallest absolute Gasteiger partial charge is 0.0541 e. The summed E-state index contributed by atoms with van der Waals surface area (Å²) in [6, 6.07) is 67.9. The van der Waals surface area contributed by atoms with Gasteiger partial charge in [-0.15, -0.1) is 0 Å². The van der Waals surface area contributed by atoms with Gasteiger partial charge < -0.3 is 9.13 Å². The molecule has 2 aliphatic carbocycles. The number of fused-ring (bicyclic) bond motifs is 11. The summed E-state index contributed by atoms with van der Waals surface area (Å²) < 4.78 is 4.80. The lowest BCUT2D eigenvalue weighted by Crippen LogP contribution is -2.20. The SMILES string of the molecule is c1ccc(-n2c3ccccc3c3cc(-c4ccc5c(c4)C4(CCCC4)c4cc(-c6ccc7c(c6)c6ccccc6n7-c6ccccc6)ccc4-5)ccc32)cc1. The zero-order valence-corrected chi connectivity index (χ0v) is 30.5. The minimum Gasteiger partial charge on any atom is -0.309 e. The topological polar surface area (TPSA) is 9.86 Å². The van der Waals surface area contributed by atoms with Crippen molar-refractivity contribution in [1.29, 1.82) is 0 Å². The number of para-hydroxylation sites is 4. The summed E-state index contributed by atoms with van der Waals surface area (Å²) in [5, 5.41) is 5.17. The third-order valence-electron chi connectivity index (χ3n) is 12.9. The summed E-state index contributed by atoms with van der Waals surface area (Å²) >= 11 is 0. The van der Waals surface area contributed by atoms with Gasteiger partial charge in [-0.2, -0.15) is 0 Å². The Morgan fingerprint density at radius 1 is 0.327 bits per heavy atom. The molecule has 0 aliphatic heterocycles. The van der Waals surface area contributed by atoms with Crippen molar-refractivity contribution < 1.29 is 0 Å². The molecule has 2 heteroatoms. The van der Waals surface area contributed by atoms with Gasteiger partial charge in [-0.3, -0.25) is 0 Å². The quantitative estimate of drug-likeness (QED) is 0.173. The lowest BCUT2D eigenvalue weighted by Gasteiger charge is -2.27. The van der Waals surface area contributed by atoms with E-state index in [0.29, 0.717) is 0 Å². The molecule has 0 amide bonds. The maximum Gasteiger partial charge on any atom is 0.0541 e. The van der Waals surface area contributed by atoms with Crippen LogP contribution in [0.25, 0.3) is 88.4 Å². The highest BCUT2D eigenvalue weighted by Crippen LogP contribution is 2.58. The van der Waals surface area contributed by atoms with Gasteiger partial charge in [0, 0.05) is 38.3 Å². The number of benzene rings is 8. The first-order valence-corrected chi connectivity index (χ1v) is 19.7. The van der Waals surface area contributed by atoms with E-state index >= 15 is 0 Å². The summed E-state index contributed by atoms with van der Waals surface area (Å²) in [5.41, 5.74) is 18.4. The van der Waals surface area contributed by atoms with E-state index in [2.05, 4.69) is 191 Å². The second-order valence-corrected chi connectivity index (χ2v) is 15.7. The summed E-state index contributed by atoms with van der Waals surface area (Å²) in [6.45, 7) is 0. The molecule has 0 bridgehead atoms. The van der Waals surface area contributed by atoms with Gasteiger partial charge in [-0.05, 0) is 130 Å². The Hall–Kier alpha value is -6.64. The van der Waals surface area contributed by atoms with E-state index in [1.54, 1.807) is 0 Å². The molecule has 0 radical (unpaired) electrons. The van der Waals surface area contributed by atoms with Crippen LogP contribution in [0.5, 0.6) is 0 Å². The first-order chi connectivity index (χ1) is 27.2. The van der Waals surface area contributed by atoms with Crippen molar-refractivity contribution in [3.63, 3.8) is 0 Å². The van der Waals surface area contributed by atoms with Crippen LogP contribution in [0.3, 0.4) is 0 Å². The van der Waals surface area contributed by atoms with E-state index in [-0.39, 0.29) is 5.41 Å². The largest absolute Gasteiger partial charge is 0.309 e. The van der Waals surface area contributed by atoms with Gasteiger partial charge in [0.25, 0.3) is 0 Å². The van der Waals surface area contributed by atoms with Crippen molar-refractivity contribution >= 4 is 43.6 Å². The lowest BCUT2D eigenvalue weighted by molar-refractivity contribution is 0.550.